The van der Waals surface area contributed by atoms with Gasteiger partial charge in [-0.3, -0.25) is 14.2 Å². The van der Waals surface area contributed by atoms with Crippen LogP contribution >= 0.6 is 11.6 Å². The second-order valence-corrected chi connectivity index (χ2v) is 8.30. The lowest BCUT2D eigenvalue weighted by molar-refractivity contribution is -0.141. The summed E-state index contributed by atoms with van der Waals surface area (Å²) in [5, 5.41) is 15.7. The van der Waals surface area contributed by atoms with E-state index in [-0.39, 0.29) is 17.5 Å². The predicted molar refractivity (Wildman–Crippen MR) is 110 cm³/mol. The van der Waals surface area contributed by atoms with E-state index in [1.165, 1.54) is 4.68 Å². The average molecular weight is 470 g/mol. The topological polar surface area (TPSA) is 82.6 Å². The fourth-order valence-corrected chi connectivity index (χ4v) is 3.62. The van der Waals surface area contributed by atoms with Gasteiger partial charge >= 0.3 is 6.18 Å². The summed E-state index contributed by atoms with van der Waals surface area (Å²) in [5.41, 5.74) is 1.53. The number of nitrogens with zero attached hydrogens (tertiary/aromatic N) is 6. The van der Waals surface area contributed by atoms with E-state index in [2.05, 4.69) is 20.6 Å². The SMILES string of the molecule is Cc1nn(Cn2ccc(C(=O)NCCCn3nc(C(F)(F)F)cc3C3CC3)n2)c(C)c1Cl. The number of rotatable bonds is 8. The molecule has 1 aliphatic carbocycles. The van der Waals surface area contributed by atoms with Gasteiger partial charge in [-0.25, -0.2) is 4.68 Å². The summed E-state index contributed by atoms with van der Waals surface area (Å²) in [6.45, 7) is 4.58. The van der Waals surface area contributed by atoms with Crippen molar-refractivity contribution in [3.63, 3.8) is 0 Å². The van der Waals surface area contributed by atoms with Crippen LogP contribution in [0.3, 0.4) is 0 Å². The highest BCUT2D eigenvalue weighted by Crippen LogP contribution is 2.42. The molecule has 1 aliphatic rings. The Morgan fingerprint density at radius 3 is 2.59 bits per heavy atom. The van der Waals surface area contributed by atoms with Gasteiger partial charge in [-0.2, -0.15) is 28.5 Å². The lowest BCUT2D eigenvalue weighted by Gasteiger charge is -2.08. The minimum Gasteiger partial charge on any atom is -0.351 e. The molecule has 1 amide bonds. The van der Waals surface area contributed by atoms with Gasteiger partial charge < -0.3 is 5.32 Å². The Labute approximate surface area is 187 Å². The van der Waals surface area contributed by atoms with Gasteiger partial charge in [-0.1, -0.05) is 11.6 Å². The van der Waals surface area contributed by atoms with Crippen LogP contribution in [0.25, 0.3) is 0 Å². The van der Waals surface area contributed by atoms with E-state index in [1.807, 2.05) is 13.8 Å². The molecule has 0 aromatic carbocycles. The van der Waals surface area contributed by atoms with Crippen LogP contribution in [0.1, 0.15) is 58.4 Å². The number of hydrogen-bond donors (Lipinski definition) is 1. The van der Waals surface area contributed by atoms with Crippen molar-refractivity contribution in [2.45, 2.75) is 58.4 Å². The Hall–Kier alpha value is -2.82. The third-order valence-electron chi connectivity index (χ3n) is 5.37. The molecule has 32 heavy (non-hydrogen) atoms. The summed E-state index contributed by atoms with van der Waals surface area (Å²) in [4.78, 5) is 12.4. The molecule has 1 saturated carbocycles. The average Bonchev–Trinajstić information content (AvgIpc) is 3.22. The molecule has 0 aliphatic heterocycles. The van der Waals surface area contributed by atoms with Crippen LogP contribution in [-0.4, -0.2) is 41.8 Å². The second kappa shape index (κ2) is 8.61. The van der Waals surface area contributed by atoms with E-state index in [9.17, 15) is 18.0 Å². The Bertz CT molecular complexity index is 1130. The van der Waals surface area contributed by atoms with Gasteiger partial charge in [0.25, 0.3) is 5.91 Å². The molecule has 0 spiro atoms. The van der Waals surface area contributed by atoms with Crippen molar-refractivity contribution in [2.75, 3.05) is 6.54 Å². The van der Waals surface area contributed by atoms with Gasteiger partial charge in [0.2, 0.25) is 0 Å². The minimum absolute atomic E-state index is 0.147. The predicted octanol–water partition coefficient (Wildman–Crippen LogP) is 3.77. The van der Waals surface area contributed by atoms with Crippen LogP contribution in [0.15, 0.2) is 18.3 Å². The molecule has 4 rings (SSSR count). The maximum absolute atomic E-state index is 13.0. The lowest BCUT2D eigenvalue weighted by Crippen LogP contribution is -2.26. The van der Waals surface area contributed by atoms with Crippen molar-refractivity contribution >= 4 is 17.5 Å². The van der Waals surface area contributed by atoms with E-state index >= 15 is 0 Å². The number of carbonyl (C=O) groups is 1. The number of nitrogens with one attached hydrogen (secondary N) is 1. The van der Waals surface area contributed by atoms with Crippen LogP contribution in [0.2, 0.25) is 5.02 Å². The summed E-state index contributed by atoms with van der Waals surface area (Å²) in [5.74, 6) is -0.205. The zero-order valence-electron chi connectivity index (χ0n) is 17.7. The molecule has 0 unspecified atom stereocenters. The van der Waals surface area contributed by atoms with Crippen LogP contribution in [0.4, 0.5) is 13.2 Å². The third kappa shape index (κ3) is 4.82. The molecule has 172 valence electrons. The van der Waals surface area contributed by atoms with Crippen LogP contribution in [0.5, 0.6) is 0 Å². The van der Waals surface area contributed by atoms with Crippen molar-refractivity contribution in [2.24, 2.45) is 0 Å². The molecule has 0 bridgehead atoms. The molecule has 3 heterocycles. The van der Waals surface area contributed by atoms with E-state index in [0.717, 1.165) is 30.3 Å². The Morgan fingerprint density at radius 1 is 1.22 bits per heavy atom. The molecule has 1 N–H and O–H groups in total. The summed E-state index contributed by atoms with van der Waals surface area (Å²) >= 11 is 6.15. The van der Waals surface area contributed by atoms with Gasteiger partial charge in [0.1, 0.15) is 12.4 Å². The van der Waals surface area contributed by atoms with E-state index in [0.29, 0.717) is 36.9 Å². The first-order valence-electron chi connectivity index (χ1n) is 10.3. The summed E-state index contributed by atoms with van der Waals surface area (Å²) in [6.07, 6.45) is -0.571. The van der Waals surface area contributed by atoms with Crippen LogP contribution in [0, 0.1) is 13.8 Å². The number of hydrogen-bond acceptors (Lipinski definition) is 4. The van der Waals surface area contributed by atoms with E-state index in [1.54, 1.807) is 21.6 Å². The van der Waals surface area contributed by atoms with Crippen molar-refractivity contribution in [1.29, 1.82) is 0 Å². The normalized spacial score (nSPS) is 14.2. The molecule has 0 radical (unpaired) electrons. The molecule has 0 atom stereocenters. The van der Waals surface area contributed by atoms with Gasteiger partial charge in [0.15, 0.2) is 5.69 Å². The van der Waals surface area contributed by atoms with Crippen molar-refractivity contribution < 1.29 is 18.0 Å². The number of amides is 1. The smallest absolute Gasteiger partial charge is 0.351 e. The molecular formula is C20H23ClF3N7O. The standard InChI is InChI=1S/C20H23ClF3N7O/c1-12-18(21)13(2)31(26-12)11-29-9-6-15(27-29)19(32)25-7-3-8-30-16(14-4-5-14)10-17(28-30)20(22,23)24/h6,9-10,14H,3-5,7-8,11H2,1-2H3,(H,25,32). The lowest BCUT2D eigenvalue weighted by atomic mass is 10.2. The fraction of sp³-hybridized carbons (Fsp3) is 0.500. The van der Waals surface area contributed by atoms with Crippen molar-refractivity contribution in [1.82, 2.24) is 34.7 Å². The number of aryl methyl sites for hydroxylation is 2. The van der Waals surface area contributed by atoms with Gasteiger partial charge in [0, 0.05) is 30.9 Å². The van der Waals surface area contributed by atoms with Crippen molar-refractivity contribution in [3.8, 4) is 0 Å². The Balaban J connectivity index is 1.30. The number of alkyl halides is 3. The summed E-state index contributed by atoms with van der Waals surface area (Å²) < 4.78 is 43.6. The molecule has 3 aromatic rings. The number of carbonyl (C=O) groups excluding carboxylic acids is 1. The van der Waals surface area contributed by atoms with E-state index < -0.39 is 11.9 Å². The van der Waals surface area contributed by atoms with Crippen LogP contribution < -0.4 is 5.32 Å². The summed E-state index contributed by atoms with van der Waals surface area (Å²) in [6, 6.07) is 2.73. The zero-order chi connectivity index (χ0) is 23.0. The molecule has 8 nitrogen and oxygen atoms in total. The number of halogens is 4. The maximum atomic E-state index is 13.0. The highest BCUT2D eigenvalue weighted by Gasteiger charge is 2.37. The molecule has 1 fully saturated rings. The third-order valence-corrected chi connectivity index (χ3v) is 5.92. The first-order valence-corrected chi connectivity index (χ1v) is 10.7. The minimum atomic E-state index is -4.46. The molecular weight excluding hydrogens is 447 g/mol. The van der Waals surface area contributed by atoms with Crippen molar-refractivity contribution in [3.05, 3.63) is 51.8 Å². The highest BCUT2D eigenvalue weighted by molar-refractivity contribution is 6.31. The van der Waals surface area contributed by atoms with Crippen LogP contribution in [-0.2, 0) is 19.4 Å². The van der Waals surface area contributed by atoms with Gasteiger partial charge in [-0.05, 0) is 45.2 Å². The first kappa shape index (κ1) is 22.4. The quantitative estimate of drug-likeness (QED) is 0.509. The highest BCUT2D eigenvalue weighted by atomic mass is 35.5. The first-order chi connectivity index (χ1) is 15.1. The largest absolute Gasteiger partial charge is 0.435 e. The fourth-order valence-electron chi connectivity index (χ4n) is 3.49. The Morgan fingerprint density at radius 2 is 1.97 bits per heavy atom. The molecule has 3 aromatic heterocycles. The van der Waals surface area contributed by atoms with Gasteiger partial charge in [-0.15, -0.1) is 0 Å². The monoisotopic (exact) mass is 469 g/mol. The molecule has 12 heteroatoms. The summed E-state index contributed by atoms with van der Waals surface area (Å²) in [7, 11) is 0. The second-order valence-electron chi connectivity index (χ2n) is 7.93. The Kier molecular flexibility index (Phi) is 6.02. The van der Waals surface area contributed by atoms with E-state index in [4.69, 9.17) is 11.6 Å². The number of aromatic nitrogens is 6. The maximum Gasteiger partial charge on any atom is 0.435 e. The zero-order valence-corrected chi connectivity index (χ0v) is 18.4. The molecule has 0 saturated heterocycles. The van der Waals surface area contributed by atoms with Gasteiger partial charge in [0.05, 0.1) is 16.4 Å².